The van der Waals surface area contributed by atoms with Crippen LogP contribution in [-0.2, 0) is 4.79 Å². The highest BCUT2D eigenvalue weighted by molar-refractivity contribution is 8.18. The molecule has 0 spiro atoms. The third kappa shape index (κ3) is 4.54. The number of halogens is 1. The summed E-state index contributed by atoms with van der Waals surface area (Å²) in [6, 6.07) is 3.51. The molecule has 1 heterocycles. The van der Waals surface area contributed by atoms with Crippen molar-refractivity contribution in [2.75, 3.05) is 13.7 Å². The molecule has 3 rings (SSSR count). The van der Waals surface area contributed by atoms with Crippen LogP contribution in [0, 0.1) is 5.92 Å². The quantitative estimate of drug-likeness (QED) is 0.685. The normalized spacial score (nSPS) is 19.7. The lowest BCUT2D eigenvalue weighted by Gasteiger charge is -2.22. The lowest BCUT2D eigenvalue weighted by molar-refractivity contribution is -0.115. The van der Waals surface area contributed by atoms with Gasteiger partial charge in [-0.15, -0.1) is 0 Å². The molecular weight excluding hydrogens is 374 g/mol. The number of hydrogen-bond donors (Lipinski definition) is 1. The van der Waals surface area contributed by atoms with Crippen LogP contribution in [0.15, 0.2) is 17.0 Å². The summed E-state index contributed by atoms with van der Waals surface area (Å²) in [6.07, 6.45) is 9.06. The van der Waals surface area contributed by atoms with E-state index in [-0.39, 0.29) is 5.24 Å². The molecule has 5 nitrogen and oxygen atoms in total. The van der Waals surface area contributed by atoms with Gasteiger partial charge in [0.15, 0.2) is 11.5 Å². The van der Waals surface area contributed by atoms with E-state index in [1.807, 2.05) is 0 Å². The van der Waals surface area contributed by atoms with Crippen LogP contribution in [0.1, 0.15) is 44.1 Å². The summed E-state index contributed by atoms with van der Waals surface area (Å²) in [5.41, 5.74) is 0.618. The first-order valence-electron chi connectivity index (χ1n) is 8.82. The van der Waals surface area contributed by atoms with E-state index in [0.29, 0.717) is 39.5 Å². The standard InChI is InChI=1S/C19H22ClNO4S/c1-24-14-8-7-13(11-15-18(22)21-19(23)26-15)16(20)17(14)25-10-9-12-5-3-2-4-6-12/h7-8,11-12H,2-6,9-10H2,1H3,(H,21,22,23). The highest BCUT2D eigenvalue weighted by Gasteiger charge is 2.26. The summed E-state index contributed by atoms with van der Waals surface area (Å²) < 4.78 is 11.3. The Bertz CT molecular complexity index is 728. The zero-order chi connectivity index (χ0) is 18.5. The molecule has 2 amide bonds. The van der Waals surface area contributed by atoms with E-state index in [1.54, 1.807) is 25.3 Å². The molecule has 140 valence electrons. The molecule has 1 saturated heterocycles. The third-order valence-electron chi connectivity index (χ3n) is 4.74. The van der Waals surface area contributed by atoms with Crippen molar-refractivity contribution in [2.45, 2.75) is 38.5 Å². The van der Waals surface area contributed by atoms with Crippen LogP contribution in [-0.4, -0.2) is 24.9 Å². The molecule has 0 radical (unpaired) electrons. The molecule has 1 saturated carbocycles. The zero-order valence-electron chi connectivity index (χ0n) is 14.7. The number of ether oxygens (including phenoxy) is 2. The van der Waals surface area contributed by atoms with Gasteiger partial charge in [-0.2, -0.15) is 0 Å². The fraction of sp³-hybridized carbons (Fsp3) is 0.474. The van der Waals surface area contributed by atoms with E-state index >= 15 is 0 Å². The average Bonchev–Trinajstić information content (AvgIpc) is 2.96. The van der Waals surface area contributed by atoms with Gasteiger partial charge >= 0.3 is 0 Å². The Kier molecular flexibility index (Phi) is 6.48. The molecule has 26 heavy (non-hydrogen) atoms. The van der Waals surface area contributed by atoms with E-state index in [4.69, 9.17) is 21.1 Å². The predicted molar refractivity (Wildman–Crippen MR) is 104 cm³/mol. The Balaban J connectivity index is 1.74. The van der Waals surface area contributed by atoms with Gasteiger partial charge in [0.25, 0.3) is 11.1 Å². The summed E-state index contributed by atoms with van der Waals surface area (Å²) in [5, 5.41) is 2.24. The van der Waals surface area contributed by atoms with Gasteiger partial charge in [-0.1, -0.05) is 43.7 Å². The summed E-state index contributed by atoms with van der Waals surface area (Å²) in [4.78, 5) is 23.4. The minimum absolute atomic E-state index is 0.315. The lowest BCUT2D eigenvalue weighted by atomic mass is 9.87. The Hall–Kier alpha value is -1.66. The number of carbonyl (C=O) groups excluding carboxylic acids is 2. The molecule has 1 aliphatic carbocycles. The van der Waals surface area contributed by atoms with Gasteiger partial charge in [0, 0.05) is 0 Å². The fourth-order valence-corrected chi connectivity index (χ4v) is 4.26. The second kappa shape index (κ2) is 8.82. The van der Waals surface area contributed by atoms with Gasteiger partial charge < -0.3 is 9.47 Å². The van der Waals surface area contributed by atoms with Gasteiger partial charge in [-0.05, 0) is 47.9 Å². The number of hydrogen-bond acceptors (Lipinski definition) is 5. The molecule has 0 aromatic heterocycles. The maximum atomic E-state index is 11.7. The van der Waals surface area contributed by atoms with Crippen LogP contribution in [0.5, 0.6) is 11.5 Å². The first-order valence-corrected chi connectivity index (χ1v) is 10.0. The lowest BCUT2D eigenvalue weighted by Crippen LogP contribution is -2.17. The van der Waals surface area contributed by atoms with Gasteiger partial charge in [0.05, 0.1) is 23.6 Å². The van der Waals surface area contributed by atoms with Gasteiger partial charge in [0.2, 0.25) is 0 Å². The molecular formula is C19H22ClNO4S. The molecule has 7 heteroatoms. The summed E-state index contributed by atoms with van der Waals surface area (Å²) in [7, 11) is 1.57. The van der Waals surface area contributed by atoms with Gasteiger partial charge in [0.1, 0.15) is 0 Å². The molecule has 0 atom stereocenters. The van der Waals surface area contributed by atoms with Crippen LogP contribution in [0.4, 0.5) is 4.79 Å². The molecule has 1 aromatic carbocycles. The molecule has 1 N–H and O–H groups in total. The van der Waals surface area contributed by atoms with Crippen molar-refractivity contribution in [1.29, 1.82) is 0 Å². The van der Waals surface area contributed by atoms with Crippen molar-refractivity contribution in [3.8, 4) is 11.5 Å². The number of thioether (sulfide) groups is 1. The minimum atomic E-state index is -0.411. The summed E-state index contributed by atoms with van der Waals surface area (Å²) >= 11 is 7.36. The predicted octanol–water partition coefficient (Wildman–Crippen LogP) is 5.02. The van der Waals surface area contributed by atoms with Crippen LogP contribution >= 0.6 is 23.4 Å². The average molecular weight is 396 g/mol. The summed E-state index contributed by atoms with van der Waals surface area (Å²) in [6.45, 7) is 0.578. The van der Waals surface area contributed by atoms with E-state index < -0.39 is 5.91 Å². The number of methoxy groups -OCH3 is 1. The monoisotopic (exact) mass is 395 g/mol. The molecule has 0 unspecified atom stereocenters. The largest absolute Gasteiger partial charge is 0.493 e. The Morgan fingerprint density at radius 2 is 2.04 bits per heavy atom. The van der Waals surface area contributed by atoms with Crippen LogP contribution in [0.3, 0.4) is 0 Å². The SMILES string of the molecule is COc1ccc(C=C2SC(=O)NC2=O)c(Cl)c1OCCC1CCCCC1. The van der Waals surface area contributed by atoms with E-state index in [2.05, 4.69) is 5.32 Å². The van der Waals surface area contributed by atoms with Crippen molar-refractivity contribution >= 4 is 40.6 Å². The van der Waals surface area contributed by atoms with Crippen molar-refractivity contribution in [1.82, 2.24) is 5.32 Å². The number of benzene rings is 1. The topological polar surface area (TPSA) is 64.6 Å². The number of imide groups is 1. The first-order chi connectivity index (χ1) is 12.6. The number of rotatable bonds is 6. The Labute approximate surface area is 162 Å². The second-order valence-corrected chi connectivity index (χ2v) is 7.89. The number of amides is 2. The number of nitrogens with one attached hydrogen (secondary N) is 1. The molecule has 0 bridgehead atoms. The minimum Gasteiger partial charge on any atom is -0.493 e. The van der Waals surface area contributed by atoms with Crippen LogP contribution in [0.2, 0.25) is 5.02 Å². The molecule has 1 aromatic rings. The van der Waals surface area contributed by atoms with Crippen molar-refractivity contribution in [3.63, 3.8) is 0 Å². The highest BCUT2D eigenvalue weighted by Crippen LogP contribution is 2.40. The third-order valence-corrected chi connectivity index (χ3v) is 5.94. The second-order valence-electron chi connectivity index (χ2n) is 6.49. The Morgan fingerprint density at radius 1 is 1.27 bits per heavy atom. The zero-order valence-corrected chi connectivity index (χ0v) is 16.3. The molecule has 2 aliphatic rings. The molecule has 1 aliphatic heterocycles. The fourth-order valence-electron chi connectivity index (χ4n) is 3.33. The van der Waals surface area contributed by atoms with E-state index in [0.717, 1.165) is 18.2 Å². The Morgan fingerprint density at radius 3 is 2.69 bits per heavy atom. The first kappa shape index (κ1) is 19.1. The van der Waals surface area contributed by atoms with Crippen molar-refractivity contribution in [2.24, 2.45) is 5.92 Å². The van der Waals surface area contributed by atoms with Gasteiger partial charge in [-0.25, -0.2) is 0 Å². The van der Waals surface area contributed by atoms with Gasteiger partial charge in [-0.3, -0.25) is 14.9 Å². The summed E-state index contributed by atoms with van der Waals surface area (Å²) in [5.74, 6) is 1.34. The van der Waals surface area contributed by atoms with E-state index in [9.17, 15) is 9.59 Å². The van der Waals surface area contributed by atoms with Crippen LogP contribution < -0.4 is 14.8 Å². The molecule has 2 fully saturated rings. The maximum Gasteiger partial charge on any atom is 0.290 e. The maximum absolute atomic E-state index is 11.7. The smallest absolute Gasteiger partial charge is 0.290 e. The van der Waals surface area contributed by atoms with E-state index in [1.165, 1.54) is 32.1 Å². The van der Waals surface area contributed by atoms with Crippen molar-refractivity contribution in [3.05, 3.63) is 27.6 Å². The van der Waals surface area contributed by atoms with Crippen LogP contribution in [0.25, 0.3) is 6.08 Å². The highest BCUT2D eigenvalue weighted by atomic mass is 35.5. The van der Waals surface area contributed by atoms with Crippen molar-refractivity contribution < 1.29 is 19.1 Å². The number of carbonyl (C=O) groups is 2.